The fourth-order valence-corrected chi connectivity index (χ4v) is 2.78. The molecule has 6 nitrogen and oxygen atoms in total. The Bertz CT molecular complexity index is 488. The van der Waals surface area contributed by atoms with Gasteiger partial charge in [-0.25, -0.2) is 14.8 Å². The average molecular weight is 278 g/mol. The van der Waals surface area contributed by atoms with E-state index in [0.29, 0.717) is 17.7 Å². The largest absolute Gasteiger partial charge is 0.478 e. The van der Waals surface area contributed by atoms with E-state index in [1.165, 1.54) is 6.20 Å². The molecule has 6 heteroatoms. The van der Waals surface area contributed by atoms with Crippen LogP contribution in [0, 0.1) is 6.92 Å². The monoisotopic (exact) mass is 278 g/mol. The van der Waals surface area contributed by atoms with Crippen LogP contribution in [0.5, 0.6) is 0 Å². The zero-order valence-electron chi connectivity index (χ0n) is 12.3. The fraction of sp³-hybridized carbons (Fsp3) is 0.643. The van der Waals surface area contributed by atoms with Crippen molar-refractivity contribution in [1.29, 1.82) is 0 Å². The Morgan fingerprint density at radius 2 is 2.20 bits per heavy atom. The smallest absolute Gasteiger partial charge is 0.339 e. The highest BCUT2D eigenvalue weighted by atomic mass is 16.4. The molecule has 0 aliphatic carbocycles. The maximum Gasteiger partial charge on any atom is 0.339 e. The van der Waals surface area contributed by atoms with Gasteiger partial charge in [0.15, 0.2) is 0 Å². The number of carbonyl (C=O) groups is 1. The van der Waals surface area contributed by atoms with E-state index in [4.69, 9.17) is 5.11 Å². The standard InChI is InChI=1S/C14H22N4O2/c1-4-17(5-2)11-6-7-18(9-11)14-15-8-12(13(19)20)10(3)16-14/h8,11H,4-7,9H2,1-3H3,(H,19,20). The lowest BCUT2D eigenvalue weighted by Gasteiger charge is -2.26. The summed E-state index contributed by atoms with van der Waals surface area (Å²) in [4.78, 5) is 24.1. The molecule has 1 N–H and O–H groups in total. The van der Waals surface area contributed by atoms with Crippen LogP contribution in [0.3, 0.4) is 0 Å². The van der Waals surface area contributed by atoms with Crippen molar-refractivity contribution in [2.24, 2.45) is 0 Å². The second kappa shape index (κ2) is 6.17. The molecule has 110 valence electrons. The first-order valence-corrected chi connectivity index (χ1v) is 7.12. The van der Waals surface area contributed by atoms with Crippen LogP contribution in [0.25, 0.3) is 0 Å². The Balaban J connectivity index is 2.10. The van der Waals surface area contributed by atoms with Gasteiger partial charge in [0.25, 0.3) is 0 Å². The number of likely N-dealkylation sites (N-methyl/N-ethyl adjacent to an activating group) is 1. The SMILES string of the molecule is CCN(CC)C1CCN(c2ncc(C(=O)O)c(C)n2)C1. The van der Waals surface area contributed by atoms with Crippen molar-refractivity contribution in [2.75, 3.05) is 31.1 Å². The number of carboxylic acids is 1. The van der Waals surface area contributed by atoms with Gasteiger partial charge in [-0.15, -0.1) is 0 Å². The third-order valence-corrected chi connectivity index (χ3v) is 3.97. The summed E-state index contributed by atoms with van der Waals surface area (Å²) in [6.07, 6.45) is 2.51. The molecule has 0 spiro atoms. The van der Waals surface area contributed by atoms with Crippen molar-refractivity contribution < 1.29 is 9.90 Å². The molecule has 1 aliphatic heterocycles. The molecule has 0 amide bonds. The number of anilines is 1. The first kappa shape index (κ1) is 14.7. The molecule has 1 aromatic rings. The predicted octanol–water partition coefficient (Wildman–Crippen LogP) is 1.40. The Labute approximate surface area is 119 Å². The van der Waals surface area contributed by atoms with Gasteiger partial charge in [-0.3, -0.25) is 4.90 Å². The highest BCUT2D eigenvalue weighted by Gasteiger charge is 2.28. The van der Waals surface area contributed by atoms with Crippen LogP contribution in [0.1, 0.15) is 36.3 Å². The Hall–Kier alpha value is -1.69. The summed E-state index contributed by atoms with van der Waals surface area (Å²) in [5.74, 6) is -0.335. The summed E-state index contributed by atoms with van der Waals surface area (Å²) in [6, 6.07) is 0.535. The van der Waals surface area contributed by atoms with Crippen LogP contribution in [-0.4, -0.2) is 58.2 Å². The summed E-state index contributed by atoms with van der Waals surface area (Å²) in [6.45, 7) is 10.00. The van der Waals surface area contributed by atoms with Gasteiger partial charge < -0.3 is 10.0 Å². The van der Waals surface area contributed by atoms with Gasteiger partial charge in [-0.1, -0.05) is 13.8 Å². The molecule has 0 aromatic carbocycles. The van der Waals surface area contributed by atoms with E-state index in [-0.39, 0.29) is 5.56 Å². The lowest BCUT2D eigenvalue weighted by Crippen LogP contribution is -2.37. The number of hydrogen-bond acceptors (Lipinski definition) is 5. The molecule has 2 rings (SSSR count). The molecule has 0 bridgehead atoms. The summed E-state index contributed by atoms with van der Waals surface area (Å²) in [5.41, 5.74) is 0.696. The van der Waals surface area contributed by atoms with E-state index in [1.807, 2.05) is 0 Å². The second-order valence-corrected chi connectivity index (χ2v) is 5.08. The summed E-state index contributed by atoms with van der Waals surface area (Å²) in [7, 11) is 0. The van der Waals surface area contributed by atoms with E-state index >= 15 is 0 Å². The van der Waals surface area contributed by atoms with Crippen molar-refractivity contribution in [3.8, 4) is 0 Å². The molecule has 1 atom stereocenters. The topological polar surface area (TPSA) is 69.6 Å². The van der Waals surface area contributed by atoms with Crippen molar-refractivity contribution >= 4 is 11.9 Å². The highest BCUT2D eigenvalue weighted by Crippen LogP contribution is 2.20. The third kappa shape index (κ3) is 2.90. The van der Waals surface area contributed by atoms with E-state index in [1.54, 1.807) is 6.92 Å². The van der Waals surface area contributed by atoms with Crippen LogP contribution in [0.15, 0.2) is 6.20 Å². The van der Waals surface area contributed by atoms with Crippen LogP contribution in [0.2, 0.25) is 0 Å². The van der Waals surface area contributed by atoms with E-state index in [0.717, 1.165) is 32.6 Å². The van der Waals surface area contributed by atoms with Crippen molar-refractivity contribution in [2.45, 2.75) is 33.2 Å². The van der Waals surface area contributed by atoms with Gasteiger partial charge in [0.05, 0.1) is 11.3 Å². The molecule has 0 saturated carbocycles. The molecule has 1 aliphatic rings. The van der Waals surface area contributed by atoms with Crippen molar-refractivity contribution in [3.63, 3.8) is 0 Å². The van der Waals surface area contributed by atoms with Crippen LogP contribution in [0.4, 0.5) is 5.95 Å². The Morgan fingerprint density at radius 3 is 2.75 bits per heavy atom. The number of aryl methyl sites for hydroxylation is 1. The maximum absolute atomic E-state index is 11.0. The quantitative estimate of drug-likeness (QED) is 0.878. The third-order valence-electron chi connectivity index (χ3n) is 3.97. The minimum absolute atomic E-state index is 0.174. The van der Waals surface area contributed by atoms with Gasteiger partial charge in [0.1, 0.15) is 0 Å². The zero-order valence-corrected chi connectivity index (χ0v) is 12.3. The van der Waals surface area contributed by atoms with Gasteiger partial charge in [0.2, 0.25) is 5.95 Å². The molecule has 2 heterocycles. The lowest BCUT2D eigenvalue weighted by molar-refractivity contribution is 0.0695. The number of aromatic nitrogens is 2. The highest BCUT2D eigenvalue weighted by molar-refractivity contribution is 5.88. The zero-order chi connectivity index (χ0) is 14.7. The van der Waals surface area contributed by atoms with Crippen LogP contribution in [-0.2, 0) is 0 Å². The second-order valence-electron chi connectivity index (χ2n) is 5.08. The fourth-order valence-electron chi connectivity index (χ4n) is 2.78. The minimum Gasteiger partial charge on any atom is -0.478 e. The summed E-state index contributed by atoms with van der Waals surface area (Å²) < 4.78 is 0. The van der Waals surface area contributed by atoms with E-state index in [9.17, 15) is 4.79 Å². The molecule has 0 radical (unpaired) electrons. The van der Waals surface area contributed by atoms with Gasteiger partial charge in [0, 0.05) is 25.3 Å². The van der Waals surface area contributed by atoms with Gasteiger partial charge in [-0.2, -0.15) is 0 Å². The number of hydrogen-bond donors (Lipinski definition) is 1. The van der Waals surface area contributed by atoms with Crippen molar-refractivity contribution in [1.82, 2.24) is 14.9 Å². The Kier molecular flexibility index (Phi) is 4.54. The molecule has 20 heavy (non-hydrogen) atoms. The van der Waals surface area contributed by atoms with Crippen molar-refractivity contribution in [3.05, 3.63) is 17.5 Å². The molecule has 1 unspecified atom stereocenters. The normalized spacial score (nSPS) is 18.8. The number of rotatable bonds is 5. The molecular formula is C14H22N4O2. The molecule has 1 aromatic heterocycles. The van der Waals surface area contributed by atoms with Crippen LogP contribution < -0.4 is 4.90 Å². The Morgan fingerprint density at radius 1 is 1.50 bits per heavy atom. The van der Waals surface area contributed by atoms with Gasteiger partial charge in [-0.05, 0) is 26.4 Å². The van der Waals surface area contributed by atoms with E-state index in [2.05, 4.69) is 33.6 Å². The minimum atomic E-state index is -0.975. The molecule has 1 saturated heterocycles. The maximum atomic E-state index is 11.0. The number of aromatic carboxylic acids is 1. The summed E-state index contributed by atoms with van der Waals surface area (Å²) >= 11 is 0. The van der Waals surface area contributed by atoms with Gasteiger partial charge >= 0.3 is 5.97 Å². The van der Waals surface area contributed by atoms with Crippen LogP contribution >= 0.6 is 0 Å². The average Bonchev–Trinajstić information content (AvgIpc) is 2.89. The lowest BCUT2D eigenvalue weighted by atomic mass is 10.2. The number of nitrogens with zero attached hydrogens (tertiary/aromatic N) is 4. The predicted molar refractivity (Wildman–Crippen MR) is 77.3 cm³/mol. The molecule has 1 fully saturated rings. The summed E-state index contributed by atoms with van der Waals surface area (Å²) in [5, 5.41) is 9.00. The first-order chi connectivity index (χ1) is 9.56. The first-order valence-electron chi connectivity index (χ1n) is 7.12. The number of carboxylic acid groups (broad SMARTS) is 1. The molecular weight excluding hydrogens is 256 g/mol. The van der Waals surface area contributed by atoms with E-state index < -0.39 is 5.97 Å².